The Morgan fingerprint density at radius 3 is 1.33 bits per heavy atom. The Morgan fingerprint density at radius 1 is 0.762 bits per heavy atom. The van der Waals surface area contributed by atoms with Crippen LogP contribution in [0.3, 0.4) is 0 Å². The van der Waals surface area contributed by atoms with Gasteiger partial charge in [-0.1, -0.05) is 53.7 Å². The lowest BCUT2D eigenvalue weighted by Gasteiger charge is -2.03. The van der Waals surface area contributed by atoms with Crippen molar-refractivity contribution in [3.05, 3.63) is 12.2 Å². The number of aliphatic hydroxyl groups excluding tert-OH is 3. The molecule has 0 saturated heterocycles. The molecule has 0 aliphatic heterocycles. The first-order valence-electron chi connectivity index (χ1n) is 8.20. The van der Waals surface area contributed by atoms with Crippen molar-refractivity contribution >= 4 is 0 Å². The maximum absolute atomic E-state index is 8.48. The topological polar surface area (TPSA) is 60.7 Å². The van der Waals surface area contributed by atoms with Crippen LogP contribution < -0.4 is 0 Å². The molecule has 0 aromatic heterocycles. The van der Waals surface area contributed by atoms with Crippen LogP contribution in [0.1, 0.15) is 67.2 Å². The fourth-order valence-corrected chi connectivity index (χ4v) is 1.40. The summed E-state index contributed by atoms with van der Waals surface area (Å²) < 4.78 is 0. The van der Waals surface area contributed by atoms with Crippen LogP contribution in [0.15, 0.2) is 12.2 Å². The van der Waals surface area contributed by atoms with E-state index in [1.807, 2.05) is 0 Å². The van der Waals surface area contributed by atoms with Gasteiger partial charge in [0.15, 0.2) is 0 Å². The SMILES string of the molecule is C=C(CO)CC(C)C.CC(C)CCCO.CC(C)CCO. The molecule has 3 heteroatoms. The van der Waals surface area contributed by atoms with Gasteiger partial charge in [-0.2, -0.15) is 0 Å². The van der Waals surface area contributed by atoms with Crippen molar-refractivity contribution in [3.8, 4) is 0 Å². The molecule has 21 heavy (non-hydrogen) atoms. The third kappa shape index (κ3) is 38.2. The van der Waals surface area contributed by atoms with Crippen LogP contribution in [0.4, 0.5) is 0 Å². The van der Waals surface area contributed by atoms with Gasteiger partial charge >= 0.3 is 0 Å². The zero-order valence-electron chi connectivity index (χ0n) is 15.2. The lowest BCUT2D eigenvalue weighted by atomic mass is 10.1. The van der Waals surface area contributed by atoms with Crippen LogP contribution in [0, 0.1) is 17.8 Å². The van der Waals surface area contributed by atoms with Crippen molar-refractivity contribution in [2.24, 2.45) is 17.8 Å². The molecule has 0 heterocycles. The second-order valence-corrected chi connectivity index (χ2v) is 6.67. The third-order valence-corrected chi connectivity index (χ3v) is 2.57. The Labute approximate surface area is 133 Å². The number of aliphatic hydroxyl groups is 3. The molecule has 0 fully saturated rings. The minimum atomic E-state index is 0.137. The summed E-state index contributed by atoms with van der Waals surface area (Å²) in [6.45, 7) is 17.2. The van der Waals surface area contributed by atoms with E-state index in [1.54, 1.807) is 0 Å². The lowest BCUT2D eigenvalue weighted by Crippen LogP contribution is -1.93. The van der Waals surface area contributed by atoms with Gasteiger partial charge in [0.25, 0.3) is 0 Å². The molecule has 0 spiro atoms. The molecule has 0 atom stereocenters. The van der Waals surface area contributed by atoms with Crippen LogP contribution in [-0.4, -0.2) is 35.1 Å². The number of hydrogen-bond acceptors (Lipinski definition) is 3. The van der Waals surface area contributed by atoms with Crippen molar-refractivity contribution in [1.82, 2.24) is 0 Å². The normalized spacial score (nSPS) is 10.1. The van der Waals surface area contributed by atoms with Gasteiger partial charge in [-0.05, 0) is 43.4 Å². The van der Waals surface area contributed by atoms with Crippen molar-refractivity contribution in [1.29, 1.82) is 0 Å². The minimum Gasteiger partial charge on any atom is -0.396 e. The molecule has 0 aromatic carbocycles. The van der Waals surface area contributed by atoms with Gasteiger partial charge < -0.3 is 15.3 Å². The average Bonchev–Trinajstić information content (AvgIpc) is 2.36. The molecule has 0 rings (SSSR count). The largest absolute Gasteiger partial charge is 0.396 e. The maximum atomic E-state index is 8.48. The van der Waals surface area contributed by atoms with Crippen molar-refractivity contribution in [3.63, 3.8) is 0 Å². The molecule has 0 saturated carbocycles. The maximum Gasteiger partial charge on any atom is 0.0639 e. The first-order valence-corrected chi connectivity index (χ1v) is 8.20. The molecular weight excluding hydrogens is 264 g/mol. The highest BCUT2D eigenvalue weighted by Crippen LogP contribution is 2.06. The summed E-state index contributed by atoms with van der Waals surface area (Å²) >= 11 is 0. The molecule has 0 radical (unpaired) electrons. The van der Waals surface area contributed by atoms with Crippen LogP contribution in [-0.2, 0) is 0 Å². The highest BCUT2D eigenvalue weighted by atomic mass is 16.3. The summed E-state index contributed by atoms with van der Waals surface area (Å²) in [4.78, 5) is 0. The minimum absolute atomic E-state index is 0.137. The Hall–Kier alpha value is -0.380. The van der Waals surface area contributed by atoms with E-state index in [0.717, 1.165) is 37.2 Å². The summed E-state index contributed by atoms with van der Waals surface area (Å²) in [5.74, 6) is 2.01. The fraction of sp³-hybridized carbons (Fsp3) is 0.889. The van der Waals surface area contributed by atoms with Crippen molar-refractivity contribution in [2.75, 3.05) is 19.8 Å². The highest BCUT2D eigenvalue weighted by molar-refractivity contribution is 4.93. The molecule has 0 bridgehead atoms. The molecule has 0 aliphatic rings. The Kier molecular flexibility index (Phi) is 23.9. The summed E-state index contributed by atoms with van der Waals surface area (Å²) in [6, 6.07) is 0. The first kappa shape index (κ1) is 25.6. The Bertz CT molecular complexity index is 199. The smallest absolute Gasteiger partial charge is 0.0639 e. The fourth-order valence-electron chi connectivity index (χ4n) is 1.40. The first-order chi connectivity index (χ1) is 9.70. The van der Waals surface area contributed by atoms with Crippen LogP contribution in [0.25, 0.3) is 0 Å². The van der Waals surface area contributed by atoms with Gasteiger partial charge in [0.2, 0.25) is 0 Å². The van der Waals surface area contributed by atoms with Gasteiger partial charge in [-0.15, -0.1) is 0 Å². The molecule has 130 valence electrons. The number of rotatable bonds is 8. The summed E-state index contributed by atoms with van der Waals surface area (Å²) in [5, 5.41) is 25.0. The van der Waals surface area contributed by atoms with Crippen LogP contribution >= 0.6 is 0 Å². The van der Waals surface area contributed by atoms with Crippen molar-refractivity contribution in [2.45, 2.75) is 67.2 Å². The molecule has 0 aromatic rings. The van der Waals surface area contributed by atoms with Gasteiger partial charge in [0.05, 0.1) is 6.61 Å². The molecule has 3 nitrogen and oxygen atoms in total. The Balaban J connectivity index is -0.000000234. The van der Waals surface area contributed by atoms with Gasteiger partial charge in [0, 0.05) is 13.2 Å². The van der Waals surface area contributed by atoms with Gasteiger partial charge in [0.1, 0.15) is 0 Å². The monoisotopic (exact) mass is 304 g/mol. The van der Waals surface area contributed by atoms with E-state index in [9.17, 15) is 0 Å². The zero-order chi connectivity index (χ0) is 17.3. The van der Waals surface area contributed by atoms with E-state index in [4.69, 9.17) is 15.3 Å². The van der Waals surface area contributed by atoms with E-state index in [-0.39, 0.29) is 6.61 Å². The standard InChI is InChI=1S/C7H14O.C6H14O.C5H12O/c1-6(2)4-7(3)5-8;1-6(2)4-3-5-7;1-5(2)3-4-6/h6,8H,3-5H2,1-2H3;6-7H,3-5H2,1-2H3;5-6H,3-4H2,1-2H3. The molecule has 3 N–H and O–H groups in total. The van der Waals surface area contributed by atoms with Gasteiger partial charge in [-0.3, -0.25) is 0 Å². The average molecular weight is 305 g/mol. The highest BCUT2D eigenvalue weighted by Gasteiger charge is 1.94. The number of hydrogen-bond donors (Lipinski definition) is 3. The lowest BCUT2D eigenvalue weighted by molar-refractivity contribution is 0.268. The Morgan fingerprint density at radius 2 is 1.24 bits per heavy atom. The second kappa shape index (κ2) is 19.6. The zero-order valence-corrected chi connectivity index (χ0v) is 15.2. The predicted octanol–water partition coefficient (Wildman–Crippen LogP) is 4.02. The molecule has 0 unspecified atom stereocenters. The quantitative estimate of drug-likeness (QED) is 0.594. The predicted molar refractivity (Wildman–Crippen MR) is 93.4 cm³/mol. The third-order valence-electron chi connectivity index (χ3n) is 2.57. The molecule has 0 aliphatic carbocycles. The van der Waals surface area contributed by atoms with Crippen molar-refractivity contribution < 1.29 is 15.3 Å². The van der Waals surface area contributed by atoms with E-state index < -0.39 is 0 Å². The summed E-state index contributed by atoms with van der Waals surface area (Å²) in [7, 11) is 0. The molecular formula is C18H40O3. The summed E-state index contributed by atoms with van der Waals surface area (Å²) in [6.07, 6.45) is 3.98. The van der Waals surface area contributed by atoms with Crippen LogP contribution in [0.5, 0.6) is 0 Å². The summed E-state index contributed by atoms with van der Waals surface area (Å²) in [5.41, 5.74) is 0.931. The van der Waals surface area contributed by atoms with Crippen LogP contribution in [0.2, 0.25) is 0 Å². The second-order valence-electron chi connectivity index (χ2n) is 6.67. The van der Waals surface area contributed by atoms with E-state index in [2.05, 4.69) is 48.1 Å². The van der Waals surface area contributed by atoms with E-state index in [0.29, 0.717) is 25.0 Å². The van der Waals surface area contributed by atoms with Gasteiger partial charge in [-0.25, -0.2) is 0 Å². The molecule has 0 amide bonds. The van der Waals surface area contributed by atoms with E-state index >= 15 is 0 Å². The van der Waals surface area contributed by atoms with E-state index in [1.165, 1.54) is 0 Å².